The van der Waals surface area contributed by atoms with E-state index in [-0.39, 0.29) is 48.0 Å². The first-order valence-corrected chi connectivity index (χ1v) is 5.72. The second-order valence-corrected chi connectivity index (χ2v) is 4.08. The number of aromatic nitrogens is 2. The average molecular weight is 468 g/mol. The number of nitrogens with two attached hydrogens (primary N) is 1. The van der Waals surface area contributed by atoms with E-state index in [0.717, 1.165) is 31.0 Å². The van der Waals surface area contributed by atoms with E-state index in [0.29, 0.717) is 5.17 Å². The van der Waals surface area contributed by atoms with Gasteiger partial charge in [-0.25, -0.2) is 4.98 Å². The number of aliphatic imine (C=N–C) groups is 1. The molecule has 0 saturated carbocycles. The lowest BCUT2D eigenvalue weighted by atomic mass is 10.3. The molecule has 0 bridgehead atoms. The minimum Gasteiger partial charge on any atom is -0.379 e. The van der Waals surface area contributed by atoms with Crippen LogP contribution in [-0.4, -0.2) is 27.4 Å². The Morgan fingerprint density at radius 1 is 1.56 bits per heavy atom. The Morgan fingerprint density at radius 2 is 2.31 bits per heavy atom. The molecular formula is C9H18I2N4S. The Hall–Kier alpha value is 0.490. The van der Waals surface area contributed by atoms with Crippen molar-refractivity contribution in [1.82, 2.24) is 9.97 Å². The fourth-order valence-corrected chi connectivity index (χ4v) is 1.54. The van der Waals surface area contributed by atoms with Crippen LogP contribution in [-0.2, 0) is 6.42 Å². The van der Waals surface area contributed by atoms with Crippen LogP contribution in [0, 0.1) is 0 Å². The monoisotopic (exact) mass is 468 g/mol. The standard InChI is InChI=1S/C9H16N4S.2HI/c1-2-14-9(10)13-5-3-4-8-11-6-7-12-8;;/h6-7H,2-5H2,1H3,(H2,10,13)(H,11,12);2*1H. The van der Waals surface area contributed by atoms with Gasteiger partial charge >= 0.3 is 0 Å². The van der Waals surface area contributed by atoms with Crippen molar-refractivity contribution in [2.45, 2.75) is 19.8 Å². The van der Waals surface area contributed by atoms with E-state index in [2.05, 4.69) is 21.9 Å². The van der Waals surface area contributed by atoms with E-state index in [1.807, 2.05) is 6.20 Å². The Labute approximate surface area is 135 Å². The lowest BCUT2D eigenvalue weighted by Crippen LogP contribution is -2.07. The Kier molecular flexibility index (Phi) is 14.1. The maximum Gasteiger partial charge on any atom is 0.153 e. The van der Waals surface area contributed by atoms with E-state index >= 15 is 0 Å². The largest absolute Gasteiger partial charge is 0.379 e. The lowest BCUT2D eigenvalue weighted by Gasteiger charge is -1.97. The van der Waals surface area contributed by atoms with Gasteiger partial charge in [-0.2, -0.15) is 0 Å². The smallest absolute Gasteiger partial charge is 0.153 e. The molecule has 4 nitrogen and oxygen atoms in total. The maximum atomic E-state index is 5.63. The van der Waals surface area contributed by atoms with Crippen molar-refractivity contribution in [1.29, 1.82) is 0 Å². The van der Waals surface area contributed by atoms with Gasteiger partial charge in [-0.15, -0.1) is 48.0 Å². The number of halogens is 2. The Balaban J connectivity index is 0. The van der Waals surface area contributed by atoms with Crippen molar-refractivity contribution < 1.29 is 0 Å². The quantitative estimate of drug-likeness (QED) is 0.303. The first-order valence-electron chi connectivity index (χ1n) is 4.74. The van der Waals surface area contributed by atoms with Gasteiger partial charge in [-0.3, -0.25) is 4.99 Å². The molecule has 94 valence electrons. The first-order chi connectivity index (χ1) is 6.83. The van der Waals surface area contributed by atoms with Gasteiger partial charge in [0, 0.05) is 25.4 Å². The zero-order chi connectivity index (χ0) is 10.2. The van der Waals surface area contributed by atoms with Gasteiger partial charge in [-0.1, -0.05) is 18.7 Å². The highest BCUT2D eigenvalue weighted by Gasteiger charge is 1.94. The Bertz CT molecular complexity index is 277. The molecule has 0 aromatic carbocycles. The summed E-state index contributed by atoms with van der Waals surface area (Å²) in [6, 6.07) is 0. The first kappa shape index (κ1) is 18.8. The fourth-order valence-electron chi connectivity index (χ4n) is 1.06. The number of aromatic amines is 1. The molecule has 0 atom stereocenters. The van der Waals surface area contributed by atoms with Crippen LogP contribution in [0.2, 0.25) is 0 Å². The SMILES string of the molecule is CCSC(N)=NCCCc1ncc[nH]1.I.I. The van der Waals surface area contributed by atoms with Gasteiger partial charge in [0.15, 0.2) is 5.17 Å². The molecule has 7 heteroatoms. The number of imidazole rings is 1. The summed E-state index contributed by atoms with van der Waals surface area (Å²) >= 11 is 1.58. The van der Waals surface area contributed by atoms with E-state index in [4.69, 9.17) is 5.73 Å². The number of nitrogens with zero attached hydrogens (tertiary/aromatic N) is 2. The summed E-state index contributed by atoms with van der Waals surface area (Å²) in [5.74, 6) is 2.00. The summed E-state index contributed by atoms with van der Waals surface area (Å²) in [5, 5.41) is 0.687. The number of aryl methyl sites for hydroxylation is 1. The van der Waals surface area contributed by atoms with Gasteiger partial charge < -0.3 is 10.7 Å². The predicted molar refractivity (Wildman–Crippen MR) is 92.4 cm³/mol. The molecule has 0 radical (unpaired) electrons. The normalized spacial score (nSPS) is 10.4. The van der Waals surface area contributed by atoms with Crippen molar-refractivity contribution in [3.8, 4) is 0 Å². The number of hydrogen-bond donors (Lipinski definition) is 2. The van der Waals surface area contributed by atoms with E-state index < -0.39 is 0 Å². The van der Waals surface area contributed by atoms with E-state index in [1.54, 1.807) is 18.0 Å². The number of hydrogen-bond acceptors (Lipinski definition) is 3. The number of H-pyrrole nitrogens is 1. The summed E-state index contributed by atoms with van der Waals surface area (Å²) in [5.41, 5.74) is 5.63. The summed E-state index contributed by atoms with van der Waals surface area (Å²) < 4.78 is 0. The van der Waals surface area contributed by atoms with Crippen LogP contribution in [0.5, 0.6) is 0 Å². The average Bonchev–Trinajstić information content (AvgIpc) is 2.65. The van der Waals surface area contributed by atoms with Gasteiger partial charge in [0.25, 0.3) is 0 Å². The molecule has 1 aromatic heterocycles. The number of thioether (sulfide) groups is 1. The van der Waals surface area contributed by atoms with Crippen LogP contribution in [0.1, 0.15) is 19.2 Å². The zero-order valence-electron chi connectivity index (χ0n) is 9.18. The molecule has 16 heavy (non-hydrogen) atoms. The predicted octanol–water partition coefficient (Wildman–Crippen LogP) is 2.65. The van der Waals surface area contributed by atoms with Crippen LogP contribution in [0.25, 0.3) is 0 Å². The molecule has 3 N–H and O–H groups in total. The summed E-state index contributed by atoms with van der Waals surface area (Å²) in [6.07, 6.45) is 5.51. The van der Waals surface area contributed by atoms with Crippen molar-refractivity contribution in [3.05, 3.63) is 18.2 Å². The molecule has 0 aliphatic heterocycles. The van der Waals surface area contributed by atoms with Crippen LogP contribution in [0.3, 0.4) is 0 Å². The molecule has 0 aliphatic carbocycles. The van der Waals surface area contributed by atoms with Crippen LogP contribution in [0.15, 0.2) is 17.4 Å². The molecule has 0 spiro atoms. The second kappa shape index (κ2) is 12.0. The van der Waals surface area contributed by atoms with Crippen molar-refractivity contribution in [2.75, 3.05) is 12.3 Å². The number of rotatable bonds is 5. The van der Waals surface area contributed by atoms with Gasteiger partial charge in [0.2, 0.25) is 0 Å². The third kappa shape index (κ3) is 8.62. The van der Waals surface area contributed by atoms with Crippen molar-refractivity contribution in [2.24, 2.45) is 10.7 Å². The van der Waals surface area contributed by atoms with Crippen molar-refractivity contribution >= 4 is 64.9 Å². The second-order valence-electron chi connectivity index (χ2n) is 2.79. The fraction of sp³-hybridized carbons (Fsp3) is 0.556. The topological polar surface area (TPSA) is 67.1 Å². The van der Waals surface area contributed by atoms with Crippen molar-refractivity contribution in [3.63, 3.8) is 0 Å². The molecule has 0 amide bonds. The van der Waals surface area contributed by atoms with Crippen LogP contribution >= 0.6 is 59.7 Å². The molecule has 0 aliphatic rings. The minimum absolute atomic E-state index is 0. The molecule has 0 saturated heterocycles. The lowest BCUT2D eigenvalue weighted by molar-refractivity contribution is 0.795. The molecule has 0 unspecified atom stereocenters. The van der Waals surface area contributed by atoms with Gasteiger partial charge in [0.1, 0.15) is 5.82 Å². The third-order valence-electron chi connectivity index (χ3n) is 1.69. The molecule has 1 aromatic rings. The summed E-state index contributed by atoms with van der Waals surface area (Å²) in [7, 11) is 0. The highest BCUT2D eigenvalue weighted by Crippen LogP contribution is 1.99. The maximum absolute atomic E-state index is 5.63. The summed E-state index contributed by atoms with van der Waals surface area (Å²) in [6.45, 7) is 2.84. The van der Waals surface area contributed by atoms with Crippen LogP contribution in [0.4, 0.5) is 0 Å². The Morgan fingerprint density at radius 3 is 2.88 bits per heavy atom. The van der Waals surface area contributed by atoms with Gasteiger partial charge in [0.05, 0.1) is 0 Å². The molecule has 1 rings (SSSR count). The molecule has 0 fully saturated rings. The van der Waals surface area contributed by atoms with Gasteiger partial charge in [-0.05, 0) is 12.2 Å². The third-order valence-corrected chi connectivity index (χ3v) is 2.40. The number of nitrogens with one attached hydrogen (secondary N) is 1. The molecular weight excluding hydrogens is 450 g/mol. The van der Waals surface area contributed by atoms with E-state index in [9.17, 15) is 0 Å². The highest BCUT2D eigenvalue weighted by atomic mass is 127. The summed E-state index contributed by atoms with van der Waals surface area (Å²) in [4.78, 5) is 11.4. The molecule has 1 heterocycles. The van der Waals surface area contributed by atoms with Crippen LogP contribution < -0.4 is 5.73 Å². The zero-order valence-corrected chi connectivity index (χ0v) is 14.7. The van der Waals surface area contributed by atoms with E-state index in [1.165, 1.54) is 0 Å². The number of amidine groups is 1. The highest BCUT2D eigenvalue weighted by molar-refractivity contribution is 14.0. The minimum atomic E-state index is 0.